The lowest BCUT2D eigenvalue weighted by Gasteiger charge is -2.35. The quantitative estimate of drug-likeness (QED) is 0.728. The molecule has 4 heteroatoms. The summed E-state index contributed by atoms with van der Waals surface area (Å²) in [6.45, 7) is 6.74. The normalized spacial score (nSPS) is 25.9. The number of hydrogen-bond donors (Lipinski definition) is 3. The number of rotatable bonds is 5. The molecule has 0 radical (unpaired) electrons. The van der Waals surface area contributed by atoms with Crippen LogP contribution in [0.1, 0.15) is 46.5 Å². The lowest BCUT2D eigenvalue weighted by molar-refractivity contribution is 0.00502. The molecular formula is C17H28N2O2. The van der Waals surface area contributed by atoms with Gasteiger partial charge in [-0.15, -0.1) is 0 Å². The summed E-state index contributed by atoms with van der Waals surface area (Å²) in [5, 5.41) is 13.9. The summed E-state index contributed by atoms with van der Waals surface area (Å²) in [6, 6.07) is 5.72. The lowest BCUT2D eigenvalue weighted by Crippen LogP contribution is -2.40. The number of hydrogen-bond acceptors (Lipinski definition) is 4. The minimum Gasteiger partial charge on any atom is -0.489 e. The molecule has 1 aromatic rings. The van der Waals surface area contributed by atoms with Gasteiger partial charge in [0.2, 0.25) is 0 Å². The van der Waals surface area contributed by atoms with E-state index in [0.717, 1.165) is 37.3 Å². The molecule has 0 bridgehead atoms. The minimum atomic E-state index is -0.617. The van der Waals surface area contributed by atoms with E-state index in [1.54, 1.807) is 0 Å². The van der Waals surface area contributed by atoms with Crippen LogP contribution in [0.25, 0.3) is 0 Å². The Hall–Kier alpha value is -1.42. The van der Waals surface area contributed by atoms with Crippen molar-refractivity contribution in [2.75, 3.05) is 17.6 Å². The number of nitrogens with one attached hydrogen (secondary N) is 1. The van der Waals surface area contributed by atoms with Gasteiger partial charge in [0.25, 0.3) is 0 Å². The van der Waals surface area contributed by atoms with Gasteiger partial charge in [0.15, 0.2) is 0 Å². The Bertz CT molecular complexity index is 466. The van der Waals surface area contributed by atoms with Crippen molar-refractivity contribution in [3.8, 4) is 5.75 Å². The maximum atomic E-state index is 10.6. The van der Waals surface area contributed by atoms with Crippen LogP contribution >= 0.6 is 0 Å². The van der Waals surface area contributed by atoms with Crippen molar-refractivity contribution in [1.29, 1.82) is 0 Å². The number of nitrogen functional groups attached to an aromatic ring is 1. The summed E-state index contributed by atoms with van der Waals surface area (Å²) in [5.74, 6) is 1.41. The number of anilines is 2. The summed E-state index contributed by atoms with van der Waals surface area (Å²) in [5.41, 5.74) is 6.97. The fourth-order valence-corrected chi connectivity index (χ4v) is 2.79. The molecule has 4 N–H and O–H groups in total. The van der Waals surface area contributed by atoms with E-state index in [-0.39, 0.29) is 6.10 Å². The van der Waals surface area contributed by atoms with Crippen LogP contribution in [0.5, 0.6) is 5.75 Å². The number of para-hydroxylation sites is 1. The largest absolute Gasteiger partial charge is 0.489 e. The van der Waals surface area contributed by atoms with Gasteiger partial charge in [-0.1, -0.05) is 13.0 Å². The van der Waals surface area contributed by atoms with Gasteiger partial charge >= 0.3 is 0 Å². The monoisotopic (exact) mass is 292 g/mol. The third kappa shape index (κ3) is 4.27. The molecule has 0 aromatic heterocycles. The van der Waals surface area contributed by atoms with Crippen LogP contribution in [0.2, 0.25) is 0 Å². The van der Waals surface area contributed by atoms with E-state index in [4.69, 9.17) is 10.5 Å². The molecule has 0 unspecified atom stereocenters. The predicted octanol–water partition coefficient (Wildman–Crippen LogP) is 3.41. The Morgan fingerprint density at radius 3 is 2.67 bits per heavy atom. The van der Waals surface area contributed by atoms with E-state index in [2.05, 4.69) is 12.2 Å². The fraction of sp³-hybridized carbons (Fsp3) is 0.647. The van der Waals surface area contributed by atoms with Crippen molar-refractivity contribution in [3.63, 3.8) is 0 Å². The van der Waals surface area contributed by atoms with Crippen LogP contribution in [-0.2, 0) is 0 Å². The lowest BCUT2D eigenvalue weighted by atomic mass is 9.79. The number of benzene rings is 1. The van der Waals surface area contributed by atoms with Gasteiger partial charge in [0, 0.05) is 6.54 Å². The van der Waals surface area contributed by atoms with Gasteiger partial charge < -0.3 is 20.9 Å². The van der Waals surface area contributed by atoms with Crippen LogP contribution in [-0.4, -0.2) is 23.4 Å². The molecule has 1 aliphatic rings. The molecule has 1 saturated carbocycles. The molecule has 0 amide bonds. The number of aliphatic hydroxyl groups is 1. The first-order chi connectivity index (χ1) is 9.89. The SMILES string of the molecule is CC1CCC(O)(CNc2cccc(OC(C)C)c2N)CC1. The summed E-state index contributed by atoms with van der Waals surface area (Å²) in [7, 11) is 0. The molecule has 0 atom stereocenters. The first-order valence-electron chi connectivity index (χ1n) is 7.91. The zero-order chi connectivity index (χ0) is 15.5. The highest BCUT2D eigenvalue weighted by Crippen LogP contribution is 2.34. The molecule has 2 rings (SSSR count). The third-order valence-electron chi connectivity index (χ3n) is 4.24. The predicted molar refractivity (Wildman–Crippen MR) is 87.7 cm³/mol. The van der Waals surface area contributed by atoms with Gasteiger partial charge in [-0.2, -0.15) is 0 Å². The Labute approximate surface area is 127 Å². The van der Waals surface area contributed by atoms with Gasteiger partial charge in [0.1, 0.15) is 5.75 Å². The number of ether oxygens (including phenoxy) is 1. The van der Waals surface area contributed by atoms with E-state index in [1.807, 2.05) is 32.0 Å². The minimum absolute atomic E-state index is 0.0894. The maximum absolute atomic E-state index is 10.6. The Kier molecular flexibility index (Phi) is 4.99. The van der Waals surface area contributed by atoms with Crippen LogP contribution < -0.4 is 15.8 Å². The molecule has 4 nitrogen and oxygen atoms in total. The second kappa shape index (κ2) is 6.56. The van der Waals surface area contributed by atoms with Crippen molar-refractivity contribution in [2.45, 2.75) is 58.2 Å². The van der Waals surface area contributed by atoms with Crippen LogP contribution in [0.3, 0.4) is 0 Å². The highest BCUT2D eigenvalue weighted by molar-refractivity contribution is 5.73. The highest BCUT2D eigenvalue weighted by Gasteiger charge is 2.31. The molecule has 0 aliphatic heterocycles. The Morgan fingerprint density at radius 1 is 1.38 bits per heavy atom. The molecule has 0 heterocycles. The summed E-state index contributed by atoms with van der Waals surface area (Å²) < 4.78 is 5.69. The Balaban J connectivity index is 2.00. The third-order valence-corrected chi connectivity index (χ3v) is 4.24. The average molecular weight is 292 g/mol. The molecule has 1 aromatic carbocycles. The second-order valence-electron chi connectivity index (χ2n) is 6.64. The zero-order valence-corrected chi connectivity index (χ0v) is 13.4. The fourth-order valence-electron chi connectivity index (χ4n) is 2.79. The summed E-state index contributed by atoms with van der Waals surface area (Å²) >= 11 is 0. The molecular weight excluding hydrogens is 264 g/mol. The first kappa shape index (κ1) is 16.0. The van der Waals surface area contributed by atoms with E-state index >= 15 is 0 Å². The molecule has 21 heavy (non-hydrogen) atoms. The summed E-state index contributed by atoms with van der Waals surface area (Å²) in [4.78, 5) is 0. The van der Waals surface area contributed by atoms with Gasteiger partial charge in [-0.05, 0) is 57.6 Å². The zero-order valence-electron chi connectivity index (χ0n) is 13.4. The van der Waals surface area contributed by atoms with Crippen LogP contribution in [0.4, 0.5) is 11.4 Å². The average Bonchev–Trinajstić information content (AvgIpc) is 2.43. The standard InChI is InChI=1S/C17H28N2O2/c1-12(2)21-15-6-4-5-14(16(15)18)19-11-17(20)9-7-13(3)8-10-17/h4-6,12-13,19-20H,7-11,18H2,1-3H3. The molecule has 118 valence electrons. The van der Waals surface area contributed by atoms with Crippen molar-refractivity contribution in [1.82, 2.24) is 0 Å². The van der Waals surface area contributed by atoms with Crippen molar-refractivity contribution in [2.24, 2.45) is 5.92 Å². The summed E-state index contributed by atoms with van der Waals surface area (Å²) in [6.07, 6.45) is 3.97. The Morgan fingerprint density at radius 2 is 2.05 bits per heavy atom. The van der Waals surface area contributed by atoms with Crippen molar-refractivity contribution >= 4 is 11.4 Å². The maximum Gasteiger partial charge on any atom is 0.144 e. The topological polar surface area (TPSA) is 67.5 Å². The van der Waals surface area contributed by atoms with Crippen molar-refractivity contribution in [3.05, 3.63) is 18.2 Å². The van der Waals surface area contributed by atoms with Gasteiger partial charge in [-0.3, -0.25) is 0 Å². The van der Waals surface area contributed by atoms with Crippen LogP contribution in [0.15, 0.2) is 18.2 Å². The van der Waals surface area contributed by atoms with E-state index < -0.39 is 5.60 Å². The van der Waals surface area contributed by atoms with Crippen LogP contribution in [0, 0.1) is 5.92 Å². The smallest absolute Gasteiger partial charge is 0.144 e. The molecule has 0 spiro atoms. The van der Waals surface area contributed by atoms with E-state index in [1.165, 1.54) is 0 Å². The van der Waals surface area contributed by atoms with Crippen molar-refractivity contribution < 1.29 is 9.84 Å². The second-order valence-corrected chi connectivity index (χ2v) is 6.64. The first-order valence-corrected chi connectivity index (χ1v) is 7.91. The molecule has 0 saturated heterocycles. The number of nitrogens with two attached hydrogens (primary N) is 1. The van der Waals surface area contributed by atoms with Gasteiger partial charge in [-0.25, -0.2) is 0 Å². The van der Waals surface area contributed by atoms with E-state index in [0.29, 0.717) is 18.0 Å². The highest BCUT2D eigenvalue weighted by atomic mass is 16.5. The van der Waals surface area contributed by atoms with Gasteiger partial charge in [0.05, 0.1) is 23.1 Å². The van der Waals surface area contributed by atoms with E-state index in [9.17, 15) is 5.11 Å². The molecule has 1 aliphatic carbocycles. The molecule has 1 fully saturated rings.